The molecule has 0 bridgehead atoms. The Bertz CT molecular complexity index is 794. The second kappa shape index (κ2) is 10.3. The molecule has 0 radical (unpaired) electrons. The molecule has 2 aliphatic heterocycles. The first kappa shape index (κ1) is 21.9. The van der Waals surface area contributed by atoms with Crippen molar-refractivity contribution in [1.82, 2.24) is 9.80 Å². The molecule has 2 saturated heterocycles. The summed E-state index contributed by atoms with van der Waals surface area (Å²) < 4.78 is 0. The Kier molecular flexibility index (Phi) is 7.82. The summed E-state index contributed by atoms with van der Waals surface area (Å²) in [6.45, 7) is 6.13. The third kappa shape index (κ3) is 5.44. The monoisotopic (exact) mass is 433 g/mol. The number of piperazine rings is 1. The summed E-state index contributed by atoms with van der Waals surface area (Å²) in [5.74, 6) is 0.459. The second-order valence-electron chi connectivity index (χ2n) is 7.82. The first-order chi connectivity index (χ1) is 13.7. The van der Waals surface area contributed by atoms with Gasteiger partial charge in [-0.1, -0.05) is 54.1 Å². The van der Waals surface area contributed by atoms with Crippen LogP contribution in [0.4, 0.5) is 5.69 Å². The van der Waals surface area contributed by atoms with E-state index in [9.17, 15) is 4.79 Å². The summed E-state index contributed by atoms with van der Waals surface area (Å²) in [6.07, 6.45) is 2.11. The zero-order valence-electron chi connectivity index (χ0n) is 16.7. The zero-order valence-corrected chi connectivity index (χ0v) is 18.2. The van der Waals surface area contributed by atoms with Gasteiger partial charge in [-0.2, -0.15) is 0 Å². The Morgan fingerprint density at radius 3 is 2.34 bits per heavy atom. The number of hydrogen-bond acceptors (Lipinski definition) is 3. The van der Waals surface area contributed by atoms with E-state index < -0.39 is 0 Å². The lowest BCUT2D eigenvalue weighted by atomic mass is 9.95. The van der Waals surface area contributed by atoms with E-state index >= 15 is 0 Å². The van der Waals surface area contributed by atoms with Crippen LogP contribution in [0, 0.1) is 5.92 Å². The van der Waals surface area contributed by atoms with Crippen molar-refractivity contribution < 1.29 is 4.79 Å². The van der Waals surface area contributed by atoms with Crippen LogP contribution < -0.4 is 4.90 Å². The molecule has 2 aliphatic rings. The van der Waals surface area contributed by atoms with Gasteiger partial charge in [-0.15, -0.1) is 12.4 Å². The summed E-state index contributed by atoms with van der Waals surface area (Å²) >= 11 is 6.33. The van der Waals surface area contributed by atoms with Crippen molar-refractivity contribution in [2.75, 3.05) is 44.2 Å². The lowest BCUT2D eigenvalue weighted by Crippen LogP contribution is -2.52. The number of para-hydroxylation sites is 1. The minimum absolute atomic E-state index is 0. The van der Waals surface area contributed by atoms with Crippen molar-refractivity contribution in [1.29, 1.82) is 0 Å². The molecule has 1 amide bonds. The molecule has 1 atom stereocenters. The summed E-state index contributed by atoms with van der Waals surface area (Å²) in [4.78, 5) is 19.9. The van der Waals surface area contributed by atoms with Gasteiger partial charge >= 0.3 is 0 Å². The van der Waals surface area contributed by atoms with E-state index in [1.54, 1.807) is 0 Å². The molecule has 2 heterocycles. The van der Waals surface area contributed by atoms with E-state index in [1.165, 1.54) is 5.56 Å². The van der Waals surface area contributed by atoms with Crippen molar-refractivity contribution >= 4 is 35.6 Å². The largest absolute Gasteiger partial charge is 0.367 e. The number of carbonyl (C=O) groups excluding carboxylic acids is 1. The fourth-order valence-corrected chi connectivity index (χ4v) is 4.63. The van der Waals surface area contributed by atoms with E-state index in [4.69, 9.17) is 11.6 Å². The van der Waals surface area contributed by atoms with Crippen molar-refractivity contribution in [2.24, 2.45) is 5.92 Å². The molecule has 2 aromatic rings. The summed E-state index contributed by atoms with van der Waals surface area (Å²) in [5, 5.41) is 0.783. The van der Waals surface area contributed by atoms with Crippen LogP contribution in [0.3, 0.4) is 0 Å². The molecular weight excluding hydrogens is 405 g/mol. The molecule has 0 saturated carbocycles. The predicted octanol–water partition coefficient (Wildman–Crippen LogP) is 4.32. The Balaban J connectivity index is 0.00000240. The highest BCUT2D eigenvalue weighted by Crippen LogP contribution is 2.27. The number of piperidine rings is 1. The minimum Gasteiger partial charge on any atom is -0.367 e. The fraction of sp³-hybridized carbons (Fsp3) is 0.435. The molecule has 4 rings (SSSR count). The van der Waals surface area contributed by atoms with E-state index in [0.717, 1.165) is 69.4 Å². The van der Waals surface area contributed by atoms with Gasteiger partial charge in [0.15, 0.2) is 0 Å². The predicted molar refractivity (Wildman–Crippen MR) is 122 cm³/mol. The Morgan fingerprint density at radius 2 is 1.62 bits per heavy atom. The topological polar surface area (TPSA) is 26.8 Å². The highest BCUT2D eigenvalue weighted by molar-refractivity contribution is 6.33. The van der Waals surface area contributed by atoms with Crippen molar-refractivity contribution in [3.63, 3.8) is 0 Å². The normalized spacial score (nSPS) is 20.2. The van der Waals surface area contributed by atoms with Gasteiger partial charge in [0, 0.05) is 39.3 Å². The molecule has 2 aromatic carbocycles. The van der Waals surface area contributed by atoms with Gasteiger partial charge in [-0.3, -0.25) is 9.69 Å². The van der Waals surface area contributed by atoms with Crippen LogP contribution in [-0.2, 0) is 11.3 Å². The summed E-state index contributed by atoms with van der Waals surface area (Å²) in [5.41, 5.74) is 2.40. The Labute approximate surface area is 184 Å². The number of benzene rings is 2. The number of nitrogens with zero attached hydrogens (tertiary/aromatic N) is 3. The van der Waals surface area contributed by atoms with Gasteiger partial charge in [0.2, 0.25) is 5.91 Å². The number of halogens is 2. The third-order valence-electron chi connectivity index (χ3n) is 5.89. The maximum absolute atomic E-state index is 13.1. The van der Waals surface area contributed by atoms with Gasteiger partial charge < -0.3 is 9.80 Å². The van der Waals surface area contributed by atoms with Gasteiger partial charge in [-0.25, -0.2) is 0 Å². The molecule has 1 unspecified atom stereocenters. The average molecular weight is 434 g/mol. The van der Waals surface area contributed by atoms with Crippen LogP contribution in [-0.4, -0.2) is 55.0 Å². The molecule has 156 valence electrons. The number of amides is 1. The third-order valence-corrected chi connectivity index (χ3v) is 6.21. The zero-order chi connectivity index (χ0) is 19.3. The van der Waals surface area contributed by atoms with Crippen LogP contribution in [0.15, 0.2) is 54.6 Å². The first-order valence-corrected chi connectivity index (χ1v) is 10.6. The van der Waals surface area contributed by atoms with Crippen LogP contribution in [0.5, 0.6) is 0 Å². The smallest absolute Gasteiger partial charge is 0.227 e. The van der Waals surface area contributed by atoms with E-state index in [1.807, 2.05) is 24.3 Å². The number of rotatable bonds is 4. The molecule has 0 aromatic heterocycles. The average Bonchev–Trinajstić information content (AvgIpc) is 2.75. The van der Waals surface area contributed by atoms with Crippen molar-refractivity contribution in [3.05, 3.63) is 65.2 Å². The number of anilines is 1. The van der Waals surface area contributed by atoms with E-state index in [0.29, 0.717) is 5.91 Å². The standard InChI is InChI=1S/C23H28ClN3O.ClH/c24-21-10-4-5-11-22(21)26-13-15-27(16-14-26)23(28)20-9-6-12-25(18-20)17-19-7-2-1-3-8-19;/h1-5,7-8,10-11,20H,6,9,12-18H2;1H. The van der Waals surface area contributed by atoms with Gasteiger partial charge in [-0.05, 0) is 37.1 Å². The minimum atomic E-state index is 0. The van der Waals surface area contributed by atoms with Gasteiger partial charge in [0.05, 0.1) is 16.6 Å². The number of likely N-dealkylation sites (tertiary alicyclic amines) is 1. The SMILES string of the molecule is Cl.O=C(C1CCCN(Cc2ccccc2)C1)N1CCN(c2ccccc2Cl)CC1. The van der Waals surface area contributed by atoms with Crippen LogP contribution in [0.1, 0.15) is 18.4 Å². The van der Waals surface area contributed by atoms with E-state index in [-0.39, 0.29) is 18.3 Å². The fourth-order valence-electron chi connectivity index (χ4n) is 4.38. The molecular formula is C23H29Cl2N3O. The van der Waals surface area contributed by atoms with Crippen LogP contribution in [0.2, 0.25) is 5.02 Å². The maximum atomic E-state index is 13.1. The number of carbonyl (C=O) groups is 1. The highest BCUT2D eigenvalue weighted by atomic mass is 35.5. The van der Waals surface area contributed by atoms with Gasteiger partial charge in [0.1, 0.15) is 0 Å². The van der Waals surface area contributed by atoms with E-state index in [2.05, 4.69) is 45.0 Å². The van der Waals surface area contributed by atoms with Crippen molar-refractivity contribution in [2.45, 2.75) is 19.4 Å². The lowest BCUT2D eigenvalue weighted by Gasteiger charge is -2.40. The molecule has 2 fully saturated rings. The lowest BCUT2D eigenvalue weighted by molar-refractivity contribution is -0.137. The maximum Gasteiger partial charge on any atom is 0.227 e. The summed E-state index contributed by atoms with van der Waals surface area (Å²) in [7, 11) is 0. The van der Waals surface area contributed by atoms with Crippen LogP contribution in [0.25, 0.3) is 0 Å². The first-order valence-electron chi connectivity index (χ1n) is 10.3. The van der Waals surface area contributed by atoms with Gasteiger partial charge in [0.25, 0.3) is 0 Å². The quantitative estimate of drug-likeness (QED) is 0.717. The highest BCUT2D eigenvalue weighted by Gasteiger charge is 2.31. The Morgan fingerprint density at radius 1 is 0.931 bits per heavy atom. The second-order valence-corrected chi connectivity index (χ2v) is 8.23. The molecule has 29 heavy (non-hydrogen) atoms. The molecule has 0 spiro atoms. The number of hydrogen-bond donors (Lipinski definition) is 0. The van der Waals surface area contributed by atoms with Crippen molar-refractivity contribution in [3.8, 4) is 0 Å². The molecule has 0 N–H and O–H groups in total. The molecule has 4 nitrogen and oxygen atoms in total. The molecule has 0 aliphatic carbocycles. The molecule has 6 heteroatoms. The summed E-state index contributed by atoms with van der Waals surface area (Å²) in [6, 6.07) is 18.5. The van der Waals surface area contributed by atoms with Crippen LogP contribution >= 0.6 is 24.0 Å². The Hall–Kier alpha value is -1.75.